The highest BCUT2D eigenvalue weighted by molar-refractivity contribution is 5.16. The number of hydrogen-bond donors (Lipinski definition) is 2. The first kappa shape index (κ1) is 10.7. The van der Waals surface area contributed by atoms with Crippen LogP contribution < -0.4 is 11.5 Å². The van der Waals surface area contributed by atoms with E-state index in [1.165, 1.54) is 32.6 Å². The van der Waals surface area contributed by atoms with E-state index in [0.29, 0.717) is 17.5 Å². The van der Waals surface area contributed by atoms with Crippen molar-refractivity contribution in [1.29, 1.82) is 0 Å². The van der Waals surface area contributed by atoms with Crippen LogP contribution in [0.1, 0.15) is 6.42 Å². The fourth-order valence-electron chi connectivity index (χ4n) is 4.62. The third kappa shape index (κ3) is 1.44. The minimum Gasteiger partial charge on any atom is -0.327 e. The van der Waals surface area contributed by atoms with E-state index in [1.807, 2.05) is 0 Å². The van der Waals surface area contributed by atoms with Crippen LogP contribution in [0, 0.1) is 23.2 Å². The average Bonchev–Trinajstić information content (AvgIpc) is 2.96. The van der Waals surface area contributed by atoms with Gasteiger partial charge in [-0.05, 0) is 31.2 Å². The lowest BCUT2D eigenvalue weighted by molar-refractivity contribution is 0.260. The summed E-state index contributed by atoms with van der Waals surface area (Å²) in [5.41, 5.74) is 12.8. The summed E-state index contributed by atoms with van der Waals surface area (Å²) in [5, 5.41) is 0. The molecule has 4 rings (SSSR count). The zero-order valence-electron chi connectivity index (χ0n) is 10.7. The van der Waals surface area contributed by atoms with E-state index in [4.69, 9.17) is 11.5 Å². The molecule has 96 valence electrons. The third-order valence-corrected chi connectivity index (χ3v) is 5.90. The van der Waals surface area contributed by atoms with Gasteiger partial charge in [-0.1, -0.05) is 0 Å². The molecule has 0 aromatic rings. The molecule has 2 aliphatic heterocycles. The van der Waals surface area contributed by atoms with Crippen molar-refractivity contribution in [1.82, 2.24) is 9.80 Å². The Morgan fingerprint density at radius 1 is 1.18 bits per heavy atom. The molecule has 2 saturated heterocycles. The van der Waals surface area contributed by atoms with Gasteiger partial charge in [0.1, 0.15) is 0 Å². The zero-order valence-corrected chi connectivity index (χ0v) is 10.7. The highest BCUT2D eigenvalue weighted by Gasteiger charge is 2.62. The van der Waals surface area contributed by atoms with Gasteiger partial charge in [-0.25, -0.2) is 0 Å². The number of nitrogens with zero attached hydrogens (tertiary/aromatic N) is 2. The minimum absolute atomic E-state index is 0.414. The molecule has 4 N–H and O–H groups in total. The molecule has 17 heavy (non-hydrogen) atoms. The molecule has 1 spiro atoms. The Balaban J connectivity index is 1.34. The van der Waals surface area contributed by atoms with Crippen molar-refractivity contribution in [3.8, 4) is 0 Å². The van der Waals surface area contributed by atoms with E-state index >= 15 is 0 Å². The van der Waals surface area contributed by atoms with Gasteiger partial charge >= 0.3 is 0 Å². The molecule has 0 radical (unpaired) electrons. The van der Waals surface area contributed by atoms with E-state index < -0.39 is 0 Å². The monoisotopic (exact) mass is 236 g/mol. The summed E-state index contributed by atoms with van der Waals surface area (Å²) in [6.45, 7) is 6.10. The first-order valence-electron chi connectivity index (χ1n) is 7.02. The summed E-state index contributed by atoms with van der Waals surface area (Å²) in [5.74, 6) is 2.51. The third-order valence-electron chi connectivity index (χ3n) is 5.90. The SMILES string of the molecule is CN1C[C@H](N)C2(CC2CN2C[C@@H]3C(N)[C@@H]3C2)C1. The molecule has 2 heterocycles. The summed E-state index contributed by atoms with van der Waals surface area (Å²) in [4.78, 5) is 5.05. The fourth-order valence-corrected chi connectivity index (χ4v) is 4.62. The van der Waals surface area contributed by atoms with Crippen LogP contribution in [0.15, 0.2) is 0 Å². The number of likely N-dealkylation sites (tertiary alicyclic amines) is 2. The summed E-state index contributed by atoms with van der Waals surface area (Å²) < 4.78 is 0. The minimum atomic E-state index is 0.414. The Labute approximate surface area is 103 Å². The number of rotatable bonds is 2. The van der Waals surface area contributed by atoms with Gasteiger partial charge in [0, 0.05) is 50.2 Å². The Bertz CT molecular complexity index is 334. The van der Waals surface area contributed by atoms with Crippen LogP contribution in [0.5, 0.6) is 0 Å². The van der Waals surface area contributed by atoms with Crippen molar-refractivity contribution in [2.24, 2.45) is 34.6 Å². The van der Waals surface area contributed by atoms with E-state index in [9.17, 15) is 0 Å². The van der Waals surface area contributed by atoms with E-state index in [-0.39, 0.29) is 0 Å². The molecule has 2 aliphatic carbocycles. The Morgan fingerprint density at radius 3 is 2.47 bits per heavy atom. The first-order valence-corrected chi connectivity index (χ1v) is 7.02. The molecule has 6 atom stereocenters. The highest BCUT2D eigenvalue weighted by atomic mass is 15.2. The van der Waals surface area contributed by atoms with Crippen molar-refractivity contribution in [3.05, 3.63) is 0 Å². The molecule has 3 unspecified atom stereocenters. The number of likely N-dealkylation sites (N-methyl/N-ethyl adjacent to an activating group) is 1. The molecule has 4 nitrogen and oxygen atoms in total. The van der Waals surface area contributed by atoms with Crippen LogP contribution in [0.25, 0.3) is 0 Å². The average molecular weight is 236 g/mol. The second-order valence-corrected chi connectivity index (χ2v) is 7.06. The topological polar surface area (TPSA) is 58.5 Å². The highest BCUT2D eigenvalue weighted by Crippen LogP contribution is 2.58. The van der Waals surface area contributed by atoms with Crippen LogP contribution in [-0.4, -0.2) is 61.7 Å². The van der Waals surface area contributed by atoms with Gasteiger partial charge in [0.05, 0.1) is 0 Å². The molecule has 4 aliphatic rings. The summed E-state index contributed by atoms with van der Waals surface area (Å²) in [6.07, 6.45) is 1.36. The standard InChI is InChI=1S/C13H24N4/c1-16-6-11(14)13(7-16)2-8(13)3-17-4-9-10(5-17)12(9)15/h8-12H,2-7,14-15H2,1H3/t8?,9-,10+,11-,12?,13?/m0/s1. The number of fused-ring (bicyclic) bond motifs is 1. The molecular weight excluding hydrogens is 212 g/mol. The molecule has 4 heteroatoms. The second kappa shape index (κ2) is 3.23. The molecule has 0 aromatic heterocycles. The van der Waals surface area contributed by atoms with E-state index in [0.717, 1.165) is 24.3 Å². The van der Waals surface area contributed by atoms with Gasteiger partial charge in [0.15, 0.2) is 0 Å². The first-order chi connectivity index (χ1) is 8.10. The van der Waals surface area contributed by atoms with Crippen molar-refractivity contribution >= 4 is 0 Å². The van der Waals surface area contributed by atoms with Crippen LogP contribution >= 0.6 is 0 Å². The van der Waals surface area contributed by atoms with Crippen LogP contribution in [-0.2, 0) is 0 Å². The predicted molar refractivity (Wildman–Crippen MR) is 67.4 cm³/mol. The Hall–Kier alpha value is -0.160. The van der Waals surface area contributed by atoms with Crippen LogP contribution in [0.2, 0.25) is 0 Å². The van der Waals surface area contributed by atoms with Gasteiger partial charge in [-0.3, -0.25) is 0 Å². The molecule has 2 saturated carbocycles. The fraction of sp³-hybridized carbons (Fsp3) is 1.00. The lowest BCUT2D eigenvalue weighted by Crippen LogP contribution is -2.35. The summed E-state index contributed by atoms with van der Waals surface area (Å²) >= 11 is 0. The molecular formula is C13H24N4. The number of piperidine rings is 1. The van der Waals surface area contributed by atoms with Gasteiger partial charge in [-0.2, -0.15) is 0 Å². The zero-order chi connectivity index (χ0) is 11.8. The number of nitrogens with two attached hydrogens (primary N) is 2. The maximum Gasteiger partial charge on any atom is 0.0240 e. The molecule has 0 aromatic carbocycles. The van der Waals surface area contributed by atoms with Crippen molar-refractivity contribution in [2.75, 3.05) is 39.8 Å². The van der Waals surface area contributed by atoms with Crippen LogP contribution in [0.3, 0.4) is 0 Å². The molecule has 0 amide bonds. The second-order valence-electron chi connectivity index (χ2n) is 7.06. The summed E-state index contributed by atoms with van der Waals surface area (Å²) in [7, 11) is 2.20. The van der Waals surface area contributed by atoms with Gasteiger partial charge in [0.25, 0.3) is 0 Å². The number of hydrogen-bond acceptors (Lipinski definition) is 4. The Morgan fingerprint density at radius 2 is 1.88 bits per heavy atom. The van der Waals surface area contributed by atoms with Gasteiger partial charge in [0.2, 0.25) is 0 Å². The normalized spacial score (nSPS) is 57.7. The smallest absolute Gasteiger partial charge is 0.0240 e. The van der Waals surface area contributed by atoms with Gasteiger partial charge in [-0.15, -0.1) is 0 Å². The van der Waals surface area contributed by atoms with Crippen molar-refractivity contribution in [3.63, 3.8) is 0 Å². The summed E-state index contributed by atoms with van der Waals surface area (Å²) in [6, 6.07) is 0.941. The van der Waals surface area contributed by atoms with E-state index in [1.54, 1.807) is 0 Å². The largest absolute Gasteiger partial charge is 0.327 e. The van der Waals surface area contributed by atoms with Crippen molar-refractivity contribution in [2.45, 2.75) is 18.5 Å². The molecule has 0 bridgehead atoms. The maximum absolute atomic E-state index is 6.31. The van der Waals surface area contributed by atoms with Gasteiger partial charge < -0.3 is 21.3 Å². The predicted octanol–water partition coefficient (Wildman–Crippen LogP) is -0.846. The van der Waals surface area contributed by atoms with Crippen molar-refractivity contribution < 1.29 is 0 Å². The maximum atomic E-state index is 6.31. The lowest BCUT2D eigenvalue weighted by atomic mass is 9.98. The lowest BCUT2D eigenvalue weighted by Gasteiger charge is -2.21. The quantitative estimate of drug-likeness (QED) is 0.656. The Kier molecular flexibility index (Phi) is 2.04. The van der Waals surface area contributed by atoms with Crippen LogP contribution in [0.4, 0.5) is 0 Å². The molecule has 4 fully saturated rings. The van der Waals surface area contributed by atoms with E-state index in [2.05, 4.69) is 16.8 Å².